The summed E-state index contributed by atoms with van der Waals surface area (Å²) in [6.07, 6.45) is 2.09. The fraction of sp³-hybridized carbons (Fsp3) is 0.652. The molecule has 0 saturated heterocycles. The summed E-state index contributed by atoms with van der Waals surface area (Å²) in [7, 11) is -3.96. The molecule has 0 radical (unpaired) electrons. The number of rotatable bonds is 9. The third-order valence-electron chi connectivity index (χ3n) is 5.43. The van der Waals surface area contributed by atoms with E-state index in [1.165, 1.54) is 0 Å². The zero-order chi connectivity index (χ0) is 24.6. The van der Waals surface area contributed by atoms with Crippen LogP contribution in [-0.2, 0) is 23.8 Å². The van der Waals surface area contributed by atoms with E-state index in [0.29, 0.717) is 12.0 Å². The van der Waals surface area contributed by atoms with Gasteiger partial charge in [0.15, 0.2) is 0 Å². The van der Waals surface area contributed by atoms with Gasteiger partial charge in [0, 0.05) is 6.61 Å². The minimum absolute atomic E-state index is 0.118. The van der Waals surface area contributed by atoms with Crippen molar-refractivity contribution in [3.63, 3.8) is 0 Å². The van der Waals surface area contributed by atoms with Crippen LogP contribution in [0.15, 0.2) is 30.3 Å². The highest BCUT2D eigenvalue weighted by molar-refractivity contribution is 7.86. The SMILES string of the molecule is CC(C)(C)OC(=O)N[C@H]([C@H]1CCCC[C@@H]1CO)[C@H](COC(=O)c1ccccc1)OS(C)(=O)=O. The maximum absolute atomic E-state index is 12.6. The minimum atomic E-state index is -3.96. The van der Waals surface area contributed by atoms with Gasteiger partial charge in [-0.1, -0.05) is 31.0 Å². The molecule has 9 nitrogen and oxygen atoms in total. The summed E-state index contributed by atoms with van der Waals surface area (Å²) in [6.45, 7) is 4.61. The molecule has 0 spiro atoms. The Morgan fingerprint density at radius 2 is 1.79 bits per heavy atom. The third kappa shape index (κ3) is 9.30. The number of hydrogen-bond acceptors (Lipinski definition) is 8. The van der Waals surface area contributed by atoms with Gasteiger partial charge in [-0.2, -0.15) is 8.42 Å². The molecule has 0 heterocycles. The van der Waals surface area contributed by atoms with Crippen molar-refractivity contribution in [1.29, 1.82) is 0 Å². The zero-order valence-electron chi connectivity index (χ0n) is 19.7. The highest BCUT2D eigenvalue weighted by atomic mass is 32.2. The van der Waals surface area contributed by atoms with Gasteiger partial charge >= 0.3 is 12.1 Å². The predicted octanol–water partition coefficient (Wildman–Crippen LogP) is 2.88. The predicted molar refractivity (Wildman–Crippen MR) is 122 cm³/mol. The van der Waals surface area contributed by atoms with Crippen molar-refractivity contribution in [2.75, 3.05) is 19.5 Å². The quantitative estimate of drug-likeness (QED) is 0.404. The Morgan fingerprint density at radius 1 is 1.15 bits per heavy atom. The molecule has 0 unspecified atom stereocenters. The Bertz CT molecular complexity index is 881. The molecule has 4 atom stereocenters. The van der Waals surface area contributed by atoms with E-state index in [-0.39, 0.29) is 18.4 Å². The van der Waals surface area contributed by atoms with E-state index in [0.717, 1.165) is 25.5 Å². The van der Waals surface area contributed by atoms with Gasteiger partial charge in [0.25, 0.3) is 10.1 Å². The third-order valence-corrected chi connectivity index (χ3v) is 6.03. The second-order valence-corrected chi connectivity index (χ2v) is 11.0. The van der Waals surface area contributed by atoms with Crippen molar-refractivity contribution in [1.82, 2.24) is 5.32 Å². The summed E-state index contributed by atoms with van der Waals surface area (Å²) in [5, 5.41) is 12.7. The number of alkyl carbamates (subject to hydrolysis) is 1. The van der Waals surface area contributed by atoms with Crippen LogP contribution in [0.1, 0.15) is 56.8 Å². The van der Waals surface area contributed by atoms with Crippen LogP contribution in [0.3, 0.4) is 0 Å². The first kappa shape index (κ1) is 27.1. The van der Waals surface area contributed by atoms with Gasteiger partial charge in [-0.05, 0) is 57.6 Å². The van der Waals surface area contributed by atoms with E-state index in [1.54, 1.807) is 51.1 Å². The van der Waals surface area contributed by atoms with Crippen LogP contribution in [-0.4, -0.2) is 62.8 Å². The number of benzene rings is 1. The smallest absolute Gasteiger partial charge is 0.407 e. The van der Waals surface area contributed by atoms with Crippen molar-refractivity contribution in [3.05, 3.63) is 35.9 Å². The summed E-state index contributed by atoms with van der Waals surface area (Å²) < 4.78 is 40.2. The second kappa shape index (κ2) is 11.8. The summed E-state index contributed by atoms with van der Waals surface area (Å²) in [4.78, 5) is 25.1. The van der Waals surface area contributed by atoms with Crippen molar-refractivity contribution < 1.29 is 36.8 Å². The molecule has 1 aromatic carbocycles. The number of ether oxygens (including phenoxy) is 2. The van der Waals surface area contributed by atoms with Gasteiger partial charge in [0.2, 0.25) is 0 Å². The number of aliphatic hydroxyl groups excluding tert-OH is 1. The number of aliphatic hydroxyl groups is 1. The van der Waals surface area contributed by atoms with Crippen LogP contribution < -0.4 is 5.32 Å². The lowest BCUT2D eigenvalue weighted by Gasteiger charge is -2.39. The van der Waals surface area contributed by atoms with E-state index < -0.39 is 46.5 Å². The molecule has 10 heteroatoms. The van der Waals surface area contributed by atoms with E-state index in [9.17, 15) is 23.1 Å². The first-order valence-corrected chi connectivity index (χ1v) is 12.9. The number of amides is 1. The molecule has 0 aromatic heterocycles. The maximum atomic E-state index is 12.6. The monoisotopic (exact) mass is 485 g/mol. The molecule has 0 aliphatic heterocycles. The summed E-state index contributed by atoms with van der Waals surface area (Å²) in [5.41, 5.74) is -0.469. The molecule has 2 rings (SSSR count). The average Bonchev–Trinajstić information content (AvgIpc) is 2.73. The van der Waals surface area contributed by atoms with E-state index >= 15 is 0 Å². The van der Waals surface area contributed by atoms with Gasteiger partial charge in [0.1, 0.15) is 18.3 Å². The van der Waals surface area contributed by atoms with Crippen LogP contribution in [0.5, 0.6) is 0 Å². The van der Waals surface area contributed by atoms with Crippen molar-refractivity contribution >= 4 is 22.2 Å². The van der Waals surface area contributed by atoms with Crippen LogP contribution in [0.2, 0.25) is 0 Å². The Hall–Kier alpha value is -2.17. The number of carbonyl (C=O) groups excluding carboxylic acids is 2. The van der Waals surface area contributed by atoms with Crippen LogP contribution in [0, 0.1) is 11.8 Å². The average molecular weight is 486 g/mol. The van der Waals surface area contributed by atoms with E-state index in [4.69, 9.17) is 13.7 Å². The Balaban J connectivity index is 2.31. The standard InChI is InChI=1S/C23H35NO8S/c1-23(2,3)31-22(27)24-20(18-13-9-8-12-17(18)14-25)19(32-33(4,28)29)15-30-21(26)16-10-6-5-7-11-16/h5-7,10-11,17-20,25H,8-9,12-15H2,1-4H3,(H,24,27)/t17-,18+,19+,20-/m1/s1. The number of carbonyl (C=O) groups is 2. The summed E-state index contributed by atoms with van der Waals surface area (Å²) >= 11 is 0. The van der Waals surface area contributed by atoms with Crippen molar-refractivity contribution in [2.45, 2.75) is 64.2 Å². The lowest BCUT2D eigenvalue weighted by Crippen LogP contribution is -2.55. The van der Waals surface area contributed by atoms with Gasteiger partial charge < -0.3 is 19.9 Å². The fourth-order valence-corrected chi connectivity index (χ4v) is 4.71. The minimum Gasteiger partial charge on any atom is -0.459 e. The van der Waals surface area contributed by atoms with Gasteiger partial charge in [-0.3, -0.25) is 4.18 Å². The number of esters is 1. The Kier molecular flexibility index (Phi) is 9.69. The van der Waals surface area contributed by atoms with Gasteiger partial charge in [-0.25, -0.2) is 9.59 Å². The zero-order valence-corrected chi connectivity index (χ0v) is 20.5. The highest BCUT2D eigenvalue weighted by Crippen LogP contribution is 2.34. The fourth-order valence-electron chi connectivity index (χ4n) is 4.09. The maximum Gasteiger partial charge on any atom is 0.407 e. The molecular formula is C23H35NO8S. The molecule has 186 valence electrons. The first-order chi connectivity index (χ1) is 15.4. The molecule has 1 aromatic rings. The molecule has 33 heavy (non-hydrogen) atoms. The molecule has 1 amide bonds. The van der Waals surface area contributed by atoms with E-state index in [2.05, 4.69) is 5.32 Å². The molecule has 1 saturated carbocycles. The lowest BCUT2D eigenvalue weighted by molar-refractivity contribution is -0.00273. The second-order valence-electron chi connectivity index (χ2n) is 9.37. The van der Waals surface area contributed by atoms with E-state index in [1.807, 2.05) is 0 Å². The van der Waals surface area contributed by atoms with Crippen molar-refractivity contribution in [2.24, 2.45) is 11.8 Å². The first-order valence-electron chi connectivity index (χ1n) is 11.1. The topological polar surface area (TPSA) is 128 Å². The van der Waals surface area contributed by atoms with Crippen LogP contribution >= 0.6 is 0 Å². The normalized spacial score (nSPS) is 21.0. The number of nitrogens with one attached hydrogen (secondary N) is 1. The Morgan fingerprint density at radius 3 is 2.36 bits per heavy atom. The molecule has 1 aliphatic rings. The van der Waals surface area contributed by atoms with Gasteiger partial charge in [0.05, 0.1) is 17.9 Å². The molecule has 2 N–H and O–H groups in total. The van der Waals surface area contributed by atoms with Crippen LogP contribution in [0.4, 0.5) is 4.79 Å². The van der Waals surface area contributed by atoms with Crippen LogP contribution in [0.25, 0.3) is 0 Å². The number of hydrogen-bond donors (Lipinski definition) is 2. The molecule has 1 aliphatic carbocycles. The molecular weight excluding hydrogens is 450 g/mol. The Labute approximate surface area is 195 Å². The molecule has 0 bridgehead atoms. The van der Waals surface area contributed by atoms with Gasteiger partial charge in [-0.15, -0.1) is 0 Å². The lowest BCUT2D eigenvalue weighted by atomic mass is 9.74. The molecule has 1 fully saturated rings. The van der Waals surface area contributed by atoms with Crippen molar-refractivity contribution in [3.8, 4) is 0 Å². The summed E-state index contributed by atoms with van der Waals surface area (Å²) in [6, 6.07) is 7.41. The summed E-state index contributed by atoms with van der Waals surface area (Å²) in [5.74, 6) is -1.11. The largest absolute Gasteiger partial charge is 0.459 e. The highest BCUT2D eigenvalue weighted by Gasteiger charge is 2.40.